The monoisotopic (exact) mass is 285 g/mol. The van der Waals surface area contributed by atoms with Crippen molar-refractivity contribution in [1.82, 2.24) is 5.32 Å². The first-order valence-electron chi connectivity index (χ1n) is 7.17. The molecule has 1 N–H and O–H groups in total. The smallest absolute Gasteiger partial charge is 0.123 e. The van der Waals surface area contributed by atoms with Crippen LogP contribution in [0, 0.1) is 17.7 Å². The highest BCUT2D eigenvalue weighted by molar-refractivity contribution is 6.31. The molecule has 0 aromatic heterocycles. The molecule has 1 rings (SSSR count). The van der Waals surface area contributed by atoms with Crippen LogP contribution in [-0.4, -0.2) is 13.1 Å². The Morgan fingerprint density at radius 2 is 2.05 bits per heavy atom. The Kier molecular flexibility index (Phi) is 7.40. The van der Waals surface area contributed by atoms with Crippen molar-refractivity contribution in [3.05, 3.63) is 34.6 Å². The highest BCUT2D eigenvalue weighted by atomic mass is 35.5. The van der Waals surface area contributed by atoms with E-state index in [0.717, 1.165) is 37.9 Å². The third-order valence-corrected chi connectivity index (χ3v) is 3.55. The molecule has 0 saturated heterocycles. The van der Waals surface area contributed by atoms with Crippen LogP contribution in [0.5, 0.6) is 0 Å². The van der Waals surface area contributed by atoms with E-state index in [1.54, 1.807) is 12.1 Å². The topological polar surface area (TPSA) is 12.0 Å². The molecule has 1 aromatic rings. The van der Waals surface area contributed by atoms with Crippen molar-refractivity contribution < 1.29 is 4.39 Å². The van der Waals surface area contributed by atoms with Crippen LogP contribution < -0.4 is 5.32 Å². The van der Waals surface area contributed by atoms with Crippen LogP contribution in [0.2, 0.25) is 5.02 Å². The summed E-state index contributed by atoms with van der Waals surface area (Å²) in [4.78, 5) is 0. The van der Waals surface area contributed by atoms with Crippen molar-refractivity contribution in [3.63, 3.8) is 0 Å². The zero-order valence-corrected chi connectivity index (χ0v) is 12.9. The Morgan fingerprint density at radius 1 is 1.32 bits per heavy atom. The molecule has 0 fully saturated rings. The molecule has 0 amide bonds. The van der Waals surface area contributed by atoms with Crippen LogP contribution in [0.3, 0.4) is 0 Å². The van der Waals surface area contributed by atoms with Crippen LogP contribution in [0.1, 0.15) is 39.2 Å². The highest BCUT2D eigenvalue weighted by Crippen LogP contribution is 2.23. The lowest BCUT2D eigenvalue weighted by atomic mass is 9.90. The number of hydrogen-bond donors (Lipinski definition) is 1. The van der Waals surface area contributed by atoms with Crippen molar-refractivity contribution >= 4 is 11.6 Å². The minimum absolute atomic E-state index is 0.204. The molecule has 1 aromatic carbocycles. The van der Waals surface area contributed by atoms with Gasteiger partial charge in [0.15, 0.2) is 0 Å². The first kappa shape index (κ1) is 16.5. The number of rotatable bonds is 8. The number of hydrogen-bond acceptors (Lipinski definition) is 1. The second-order valence-electron chi connectivity index (χ2n) is 5.64. The van der Waals surface area contributed by atoms with Gasteiger partial charge in [-0.05, 0) is 68.0 Å². The Labute approximate surface area is 121 Å². The van der Waals surface area contributed by atoms with E-state index in [0.29, 0.717) is 16.9 Å². The van der Waals surface area contributed by atoms with Crippen LogP contribution in [0.15, 0.2) is 18.2 Å². The minimum atomic E-state index is -0.204. The molecule has 0 saturated carbocycles. The Morgan fingerprint density at radius 3 is 2.68 bits per heavy atom. The number of nitrogens with one attached hydrogen (secondary N) is 1. The average Bonchev–Trinajstić information content (AvgIpc) is 2.33. The summed E-state index contributed by atoms with van der Waals surface area (Å²) in [5, 5.41) is 4.13. The summed E-state index contributed by atoms with van der Waals surface area (Å²) in [5.74, 6) is 0.941. The summed E-state index contributed by atoms with van der Waals surface area (Å²) < 4.78 is 13.3. The molecule has 1 unspecified atom stereocenters. The molecule has 0 heterocycles. The zero-order valence-electron chi connectivity index (χ0n) is 12.2. The van der Waals surface area contributed by atoms with Crippen molar-refractivity contribution in [2.45, 2.75) is 40.0 Å². The Balaban J connectivity index is 2.66. The molecular formula is C16H25ClFN. The predicted octanol–water partition coefficient (Wildman–Crippen LogP) is 4.68. The van der Waals surface area contributed by atoms with Crippen LogP contribution in [0.4, 0.5) is 4.39 Å². The van der Waals surface area contributed by atoms with Gasteiger partial charge in [-0.15, -0.1) is 0 Å². The van der Waals surface area contributed by atoms with E-state index < -0.39 is 0 Å². The lowest BCUT2D eigenvalue weighted by molar-refractivity contribution is 0.385. The molecule has 0 radical (unpaired) electrons. The number of benzene rings is 1. The normalized spacial score (nSPS) is 12.9. The fraction of sp³-hybridized carbons (Fsp3) is 0.625. The van der Waals surface area contributed by atoms with E-state index in [9.17, 15) is 4.39 Å². The summed E-state index contributed by atoms with van der Waals surface area (Å²) in [5.41, 5.74) is 0.922. The average molecular weight is 286 g/mol. The quantitative estimate of drug-likeness (QED) is 0.684. The van der Waals surface area contributed by atoms with E-state index in [1.807, 2.05) is 0 Å². The third-order valence-electron chi connectivity index (χ3n) is 3.18. The fourth-order valence-corrected chi connectivity index (χ4v) is 2.59. The van der Waals surface area contributed by atoms with Gasteiger partial charge in [0, 0.05) is 5.02 Å². The maximum Gasteiger partial charge on any atom is 0.123 e. The lowest BCUT2D eigenvalue weighted by Crippen LogP contribution is -2.26. The van der Waals surface area contributed by atoms with Crippen molar-refractivity contribution in [3.8, 4) is 0 Å². The second kappa shape index (κ2) is 8.55. The van der Waals surface area contributed by atoms with Gasteiger partial charge in [0.25, 0.3) is 0 Å². The van der Waals surface area contributed by atoms with E-state index in [4.69, 9.17) is 11.6 Å². The molecule has 0 bridgehead atoms. The maximum atomic E-state index is 13.3. The summed E-state index contributed by atoms with van der Waals surface area (Å²) >= 11 is 6.15. The Hall–Kier alpha value is -0.600. The van der Waals surface area contributed by atoms with Gasteiger partial charge in [0.1, 0.15) is 5.82 Å². The number of halogens is 2. The first-order valence-corrected chi connectivity index (χ1v) is 7.55. The van der Waals surface area contributed by atoms with Gasteiger partial charge < -0.3 is 5.32 Å². The van der Waals surface area contributed by atoms with Gasteiger partial charge in [-0.25, -0.2) is 4.39 Å². The zero-order chi connectivity index (χ0) is 14.3. The van der Waals surface area contributed by atoms with Gasteiger partial charge in [0.2, 0.25) is 0 Å². The molecular weight excluding hydrogens is 261 g/mol. The van der Waals surface area contributed by atoms with E-state index in [1.165, 1.54) is 6.07 Å². The van der Waals surface area contributed by atoms with Crippen LogP contribution >= 0.6 is 11.6 Å². The SMILES string of the molecule is CCCNCC(Cc1cc(F)ccc1Cl)CC(C)C. The van der Waals surface area contributed by atoms with Crippen LogP contribution in [0.25, 0.3) is 0 Å². The molecule has 0 spiro atoms. The molecule has 1 atom stereocenters. The highest BCUT2D eigenvalue weighted by Gasteiger charge is 2.14. The van der Waals surface area contributed by atoms with Gasteiger partial charge >= 0.3 is 0 Å². The maximum absolute atomic E-state index is 13.3. The standard InChI is InChI=1S/C16H25ClFN/c1-4-7-19-11-13(8-12(2)3)9-14-10-15(18)5-6-16(14)17/h5-6,10,12-13,19H,4,7-9,11H2,1-3H3. The third kappa shape index (κ3) is 6.40. The van der Waals surface area contributed by atoms with Gasteiger partial charge in [-0.1, -0.05) is 32.4 Å². The fourth-order valence-electron chi connectivity index (χ4n) is 2.40. The summed E-state index contributed by atoms with van der Waals surface area (Å²) in [6, 6.07) is 4.63. The van der Waals surface area contributed by atoms with E-state index >= 15 is 0 Å². The predicted molar refractivity (Wildman–Crippen MR) is 81.2 cm³/mol. The Bertz CT molecular complexity index is 379. The molecule has 0 aliphatic rings. The molecule has 3 heteroatoms. The summed E-state index contributed by atoms with van der Waals surface area (Å²) in [7, 11) is 0. The van der Waals surface area contributed by atoms with E-state index in [-0.39, 0.29) is 5.82 Å². The van der Waals surface area contributed by atoms with Gasteiger partial charge in [-0.2, -0.15) is 0 Å². The molecule has 108 valence electrons. The molecule has 0 aliphatic heterocycles. The lowest BCUT2D eigenvalue weighted by Gasteiger charge is -2.20. The molecule has 1 nitrogen and oxygen atoms in total. The van der Waals surface area contributed by atoms with Gasteiger partial charge in [-0.3, -0.25) is 0 Å². The summed E-state index contributed by atoms with van der Waals surface area (Å²) in [6.45, 7) is 8.61. The molecule has 19 heavy (non-hydrogen) atoms. The van der Waals surface area contributed by atoms with Crippen LogP contribution in [-0.2, 0) is 6.42 Å². The second-order valence-corrected chi connectivity index (χ2v) is 6.05. The van der Waals surface area contributed by atoms with Crippen molar-refractivity contribution in [2.75, 3.05) is 13.1 Å². The van der Waals surface area contributed by atoms with Crippen molar-refractivity contribution in [2.24, 2.45) is 11.8 Å². The first-order chi connectivity index (χ1) is 9.02. The van der Waals surface area contributed by atoms with E-state index in [2.05, 4.69) is 26.1 Å². The summed E-state index contributed by atoms with van der Waals surface area (Å²) in [6.07, 6.45) is 3.10. The minimum Gasteiger partial charge on any atom is -0.316 e. The van der Waals surface area contributed by atoms with Crippen molar-refractivity contribution in [1.29, 1.82) is 0 Å². The largest absolute Gasteiger partial charge is 0.316 e. The van der Waals surface area contributed by atoms with Gasteiger partial charge in [0.05, 0.1) is 0 Å². The molecule has 0 aliphatic carbocycles.